The van der Waals surface area contributed by atoms with Gasteiger partial charge in [0.05, 0.1) is 5.02 Å². The minimum absolute atomic E-state index is 0.710. The summed E-state index contributed by atoms with van der Waals surface area (Å²) in [4.78, 5) is 9.41. The minimum atomic E-state index is 0.710. The maximum Gasteiger partial charge on any atom is 0.128 e. The molecule has 0 amide bonds. The Bertz CT molecular complexity index is 459. The summed E-state index contributed by atoms with van der Waals surface area (Å²) in [6.07, 6.45) is 1.74. The molecule has 3 heterocycles. The van der Waals surface area contributed by atoms with Crippen molar-refractivity contribution in [1.29, 1.82) is 0 Å². The molecule has 1 N–H and O–H groups in total. The molecule has 1 unspecified atom stereocenters. The number of piperazine rings is 1. The number of anilines is 1. The molecule has 0 radical (unpaired) electrons. The van der Waals surface area contributed by atoms with E-state index in [4.69, 9.17) is 11.6 Å². The van der Waals surface area contributed by atoms with Gasteiger partial charge >= 0.3 is 0 Å². The lowest BCUT2D eigenvalue weighted by Crippen LogP contribution is -2.47. The summed E-state index contributed by atoms with van der Waals surface area (Å²) in [5, 5.41) is 4.19. The van der Waals surface area contributed by atoms with E-state index in [2.05, 4.69) is 20.1 Å². The van der Waals surface area contributed by atoms with Crippen molar-refractivity contribution in [3.63, 3.8) is 0 Å². The number of piperidine rings is 1. The second kappa shape index (κ2) is 5.17. The van der Waals surface area contributed by atoms with E-state index in [0.29, 0.717) is 5.02 Å². The topological polar surface area (TPSA) is 31.4 Å². The first-order valence-corrected chi connectivity index (χ1v) is 7.98. The highest BCUT2D eigenvalue weighted by Crippen LogP contribution is 2.48. The third-order valence-electron chi connectivity index (χ3n) is 5.15. The van der Waals surface area contributed by atoms with Crippen LogP contribution >= 0.6 is 11.6 Å². The molecule has 4 rings (SSSR count). The van der Waals surface area contributed by atoms with Gasteiger partial charge in [0, 0.05) is 38.9 Å². The number of nitrogens with zero attached hydrogens (tertiary/aromatic N) is 3. The van der Waals surface area contributed by atoms with Crippen LogP contribution in [0.3, 0.4) is 0 Å². The van der Waals surface area contributed by atoms with Gasteiger partial charge in [-0.15, -0.1) is 0 Å². The summed E-state index contributed by atoms with van der Waals surface area (Å²) in [5.41, 5.74) is 0. The van der Waals surface area contributed by atoms with E-state index in [1.807, 2.05) is 12.1 Å². The molecule has 2 aliphatic heterocycles. The second-order valence-electron chi connectivity index (χ2n) is 6.27. The molecule has 1 aliphatic carbocycles. The van der Waals surface area contributed by atoms with Crippen molar-refractivity contribution >= 4 is 17.4 Å². The average molecular weight is 293 g/mol. The zero-order chi connectivity index (χ0) is 13.5. The van der Waals surface area contributed by atoms with Crippen LogP contribution in [-0.4, -0.2) is 55.7 Å². The van der Waals surface area contributed by atoms with Crippen molar-refractivity contribution in [2.75, 3.05) is 50.7 Å². The second-order valence-corrected chi connectivity index (χ2v) is 6.71. The SMILES string of the molecule is Clc1ccc(N2CCN(CC3[C@H]4CNC[C@@H]34)CC2)nc1. The van der Waals surface area contributed by atoms with Crippen LogP contribution in [-0.2, 0) is 0 Å². The molecule has 4 nitrogen and oxygen atoms in total. The smallest absolute Gasteiger partial charge is 0.128 e. The monoisotopic (exact) mass is 292 g/mol. The summed E-state index contributed by atoms with van der Waals surface area (Å²) in [6.45, 7) is 8.29. The van der Waals surface area contributed by atoms with E-state index in [1.54, 1.807) is 6.20 Å². The van der Waals surface area contributed by atoms with Crippen molar-refractivity contribution in [3.05, 3.63) is 23.4 Å². The number of rotatable bonds is 3. The van der Waals surface area contributed by atoms with Crippen LogP contribution in [0.5, 0.6) is 0 Å². The van der Waals surface area contributed by atoms with Gasteiger partial charge < -0.3 is 10.2 Å². The lowest BCUT2D eigenvalue weighted by molar-refractivity contribution is 0.237. The Balaban J connectivity index is 1.28. The third kappa shape index (κ3) is 2.41. The molecule has 1 aromatic rings. The molecule has 5 heteroatoms. The van der Waals surface area contributed by atoms with E-state index in [0.717, 1.165) is 49.8 Å². The first-order valence-electron chi connectivity index (χ1n) is 7.61. The zero-order valence-corrected chi connectivity index (χ0v) is 12.4. The van der Waals surface area contributed by atoms with Crippen LogP contribution < -0.4 is 10.2 Å². The Kier molecular flexibility index (Phi) is 3.33. The van der Waals surface area contributed by atoms with Crippen LogP contribution in [0, 0.1) is 17.8 Å². The largest absolute Gasteiger partial charge is 0.354 e. The lowest BCUT2D eigenvalue weighted by atomic mass is 10.2. The lowest BCUT2D eigenvalue weighted by Gasteiger charge is -2.35. The highest BCUT2D eigenvalue weighted by Gasteiger charge is 2.52. The van der Waals surface area contributed by atoms with Crippen LogP contribution in [0.25, 0.3) is 0 Å². The van der Waals surface area contributed by atoms with E-state index >= 15 is 0 Å². The number of aromatic nitrogens is 1. The number of halogens is 1. The predicted octanol–water partition coefficient (Wildman–Crippen LogP) is 1.32. The van der Waals surface area contributed by atoms with E-state index in [1.165, 1.54) is 19.6 Å². The van der Waals surface area contributed by atoms with Crippen LogP contribution in [0.4, 0.5) is 5.82 Å². The van der Waals surface area contributed by atoms with E-state index < -0.39 is 0 Å². The molecule has 1 aromatic heterocycles. The molecule has 0 spiro atoms. The summed E-state index contributed by atoms with van der Waals surface area (Å²) in [7, 11) is 0. The quantitative estimate of drug-likeness (QED) is 0.911. The molecule has 3 fully saturated rings. The van der Waals surface area contributed by atoms with Crippen molar-refractivity contribution in [3.8, 4) is 0 Å². The van der Waals surface area contributed by atoms with Gasteiger partial charge in [-0.3, -0.25) is 4.90 Å². The fourth-order valence-corrected chi connectivity index (χ4v) is 3.94. The Hall–Kier alpha value is -0.840. The molecule has 3 aliphatic rings. The molecular formula is C15H21ClN4. The number of fused-ring (bicyclic) bond motifs is 1. The van der Waals surface area contributed by atoms with Gasteiger partial charge in [-0.25, -0.2) is 4.98 Å². The molecule has 20 heavy (non-hydrogen) atoms. The molecule has 108 valence electrons. The molecule has 0 aromatic carbocycles. The molecule has 3 atom stereocenters. The summed E-state index contributed by atoms with van der Waals surface area (Å²) in [5.74, 6) is 3.98. The normalized spacial score (nSPS) is 33.2. The fourth-order valence-electron chi connectivity index (χ4n) is 3.83. The third-order valence-corrected chi connectivity index (χ3v) is 5.37. The van der Waals surface area contributed by atoms with Gasteiger partial charge in [0.2, 0.25) is 0 Å². The van der Waals surface area contributed by atoms with Crippen molar-refractivity contribution in [2.24, 2.45) is 17.8 Å². The van der Waals surface area contributed by atoms with Gasteiger partial charge in [-0.05, 0) is 43.0 Å². The Morgan fingerprint density at radius 1 is 1.15 bits per heavy atom. The summed E-state index contributed by atoms with van der Waals surface area (Å²) < 4.78 is 0. The van der Waals surface area contributed by atoms with Crippen molar-refractivity contribution < 1.29 is 0 Å². The standard InChI is InChI=1S/C15H21ClN4/c16-11-1-2-15(18-7-11)20-5-3-19(4-6-20)10-14-12-8-17-9-13(12)14/h1-2,7,12-14,17H,3-6,8-10H2/t12-,13+,14?. The highest BCUT2D eigenvalue weighted by atomic mass is 35.5. The number of hydrogen-bond donors (Lipinski definition) is 1. The molecule has 1 saturated carbocycles. The van der Waals surface area contributed by atoms with Crippen LogP contribution in [0.1, 0.15) is 0 Å². The first-order chi connectivity index (χ1) is 9.81. The predicted molar refractivity (Wildman–Crippen MR) is 81.2 cm³/mol. The van der Waals surface area contributed by atoms with E-state index in [-0.39, 0.29) is 0 Å². The average Bonchev–Trinajstić information content (AvgIpc) is 2.91. The highest BCUT2D eigenvalue weighted by molar-refractivity contribution is 6.30. The van der Waals surface area contributed by atoms with Crippen molar-refractivity contribution in [2.45, 2.75) is 0 Å². The van der Waals surface area contributed by atoms with Crippen molar-refractivity contribution in [1.82, 2.24) is 15.2 Å². The number of pyridine rings is 1. The van der Waals surface area contributed by atoms with Gasteiger partial charge in [0.25, 0.3) is 0 Å². The van der Waals surface area contributed by atoms with E-state index in [9.17, 15) is 0 Å². The van der Waals surface area contributed by atoms with Gasteiger partial charge in [-0.2, -0.15) is 0 Å². The summed E-state index contributed by atoms with van der Waals surface area (Å²) >= 11 is 5.89. The van der Waals surface area contributed by atoms with Crippen LogP contribution in [0.2, 0.25) is 5.02 Å². The minimum Gasteiger partial charge on any atom is -0.354 e. The van der Waals surface area contributed by atoms with Gasteiger partial charge in [-0.1, -0.05) is 11.6 Å². The molecule has 0 bridgehead atoms. The maximum atomic E-state index is 5.89. The molecule has 2 saturated heterocycles. The Morgan fingerprint density at radius 2 is 1.90 bits per heavy atom. The zero-order valence-electron chi connectivity index (χ0n) is 11.6. The summed E-state index contributed by atoms with van der Waals surface area (Å²) in [6, 6.07) is 3.95. The number of nitrogens with one attached hydrogen (secondary N) is 1. The Morgan fingerprint density at radius 3 is 2.55 bits per heavy atom. The number of hydrogen-bond acceptors (Lipinski definition) is 4. The fraction of sp³-hybridized carbons (Fsp3) is 0.667. The van der Waals surface area contributed by atoms with Gasteiger partial charge in [0.1, 0.15) is 5.82 Å². The first kappa shape index (κ1) is 12.9. The maximum absolute atomic E-state index is 5.89. The van der Waals surface area contributed by atoms with Crippen LogP contribution in [0.15, 0.2) is 18.3 Å². The Labute approximate surface area is 125 Å². The van der Waals surface area contributed by atoms with Gasteiger partial charge in [0.15, 0.2) is 0 Å². The molecular weight excluding hydrogens is 272 g/mol.